The molecule has 422 valence electrons. The Morgan fingerprint density at radius 2 is 0.762 bits per heavy atom. The molecule has 0 spiro atoms. The van der Waals surface area contributed by atoms with E-state index in [1.165, 1.54) is 79.9 Å². The molecule has 19 heteroatoms. The number of likely N-dealkylation sites (N-methyl/N-ethyl adjacent to an activating group) is 1. The molecule has 0 atom stereocenters. The Bertz CT molecular complexity index is 4220. The molecule has 0 fully saturated rings. The third-order valence-electron chi connectivity index (χ3n) is 11.0. The monoisotopic (exact) mass is 1170 g/mol. The lowest BCUT2D eigenvalue weighted by Crippen LogP contribution is -2.13. The van der Waals surface area contributed by atoms with E-state index in [-0.39, 0.29) is 32.4 Å². The van der Waals surface area contributed by atoms with E-state index in [9.17, 15) is 39.6 Å². The number of nitrogen functional groups attached to an aromatic ring is 1. The second-order valence-corrected chi connectivity index (χ2v) is 22.3. The highest BCUT2D eigenvalue weighted by Gasteiger charge is 2.15. The van der Waals surface area contributed by atoms with E-state index >= 15 is 0 Å². The van der Waals surface area contributed by atoms with Crippen LogP contribution < -0.4 is 35.9 Å². The number of sulfonamides is 3. The minimum atomic E-state index is -3.68. The highest BCUT2D eigenvalue weighted by Crippen LogP contribution is 2.21. The van der Waals surface area contributed by atoms with E-state index in [1.807, 2.05) is 31.2 Å². The van der Waals surface area contributed by atoms with Crippen LogP contribution >= 0.6 is 0 Å². The Morgan fingerprint density at radius 1 is 0.393 bits per heavy atom. The average molecular weight is 1170 g/mol. The lowest BCUT2D eigenvalue weighted by molar-refractivity contribution is -0.116. The number of benzene rings is 8. The topological polar surface area (TPSA) is 252 Å². The zero-order chi connectivity index (χ0) is 60.2. The molecule has 16 nitrogen and oxygen atoms in total. The van der Waals surface area contributed by atoms with Crippen molar-refractivity contribution in [1.29, 1.82) is 0 Å². The van der Waals surface area contributed by atoms with E-state index in [4.69, 9.17) is 5.73 Å². The van der Waals surface area contributed by atoms with Gasteiger partial charge in [-0.3, -0.25) is 28.5 Å². The molecule has 0 aliphatic carbocycles. The molecule has 84 heavy (non-hydrogen) atoms. The summed E-state index contributed by atoms with van der Waals surface area (Å²) in [5.74, 6) is 16.1. The number of anilines is 6. The number of aryl methyl sites for hydroxylation is 1. The lowest BCUT2D eigenvalue weighted by Gasteiger charge is -2.08. The van der Waals surface area contributed by atoms with Crippen molar-refractivity contribution in [3.63, 3.8) is 0 Å². The fourth-order valence-corrected chi connectivity index (χ4v) is 10.1. The van der Waals surface area contributed by atoms with Crippen LogP contribution in [0.2, 0.25) is 0 Å². The predicted molar refractivity (Wildman–Crippen MR) is 332 cm³/mol. The second kappa shape index (κ2) is 31.2. The largest absolute Gasteiger partial charge is 0.397 e. The number of carbonyl (C=O) groups excluding carboxylic acids is 3. The summed E-state index contributed by atoms with van der Waals surface area (Å²) in [6.07, 6.45) is 8.32. The van der Waals surface area contributed by atoms with Crippen molar-refractivity contribution in [2.24, 2.45) is 0 Å². The van der Waals surface area contributed by atoms with Gasteiger partial charge in [0.2, 0.25) is 17.7 Å². The van der Waals surface area contributed by atoms with Crippen molar-refractivity contribution in [2.75, 3.05) is 37.6 Å². The van der Waals surface area contributed by atoms with Gasteiger partial charge in [0.1, 0.15) is 0 Å². The summed E-state index contributed by atoms with van der Waals surface area (Å²) in [5.41, 5.74) is 11.8. The molecule has 0 bridgehead atoms. The maximum Gasteiger partial charge on any atom is 0.261 e. The third kappa shape index (κ3) is 21.0. The Hall–Kier alpha value is -10.9. The Kier molecular flexibility index (Phi) is 23.2. The smallest absolute Gasteiger partial charge is 0.261 e. The van der Waals surface area contributed by atoms with Crippen LogP contribution in [0.25, 0.3) is 0 Å². The van der Waals surface area contributed by atoms with Crippen molar-refractivity contribution >= 4 is 81.9 Å². The molecule has 8 aromatic rings. The van der Waals surface area contributed by atoms with Crippen LogP contribution in [0.3, 0.4) is 0 Å². The molecular weight excluding hydrogens is 1120 g/mol. The number of nitrogens with one attached hydrogen (secondary N) is 6. The summed E-state index contributed by atoms with van der Waals surface area (Å²) in [6.45, 7) is 1.92. The van der Waals surface area contributed by atoms with Crippen molar-refractivity contribution in [2.45, 2.75) is 21.6 Å². The van der Waals surface area contributed by atoms with Crippen LogP contribution in [0.1, 0.15) is 22.3 Å². The molecule has 0 heterocycles. The number of rotatable bonds is 14. The van der Waals surface area contributed by atoms with E-state index < -0.39 is 30.1 Å². The summed E-state index contributed by atoms with van der Waals surface area (Å²) in [5, 5.41) is 7.90. The number of para-hydroxylation sites is 3. The van der Waals surface area contributed by atoms with Crippen LogP contribution in [0, 0.1) is 42.4 Å². The van der Waals surface area contributed by atoms with Crippen molar-refractivity contribution in [3.8, 4) is 35.5 Å². The molecule has 0 radical (unpaired) electrons. The Balaban J connectivity index is 0.000000204. The van der Waals surface area contributed by atoms with Gasteiger partial charge in [-0.2, -0.15) is 0 Å². The summed E-state index contributed by atoms with van der Waals surface area (Å²) < 4.78 is 81.4. The summed E-state index contributed by atoms with van der Waals surface area (Å²) >= 11 is 0. The second-order valence-electron chi connectivity index (χ2n) is 17.3. The summed E-state index contributed by atoms with van der Waals surface area (Å²) in [7, 11) is -9.37. The molecule has 0 aliphatic rings. The molecule has 0 unspecified atom stereocenters. The molecule has 0 aliphatic heterocycles. The standard InChI is InChI=1S/C24H20N2O3S.C23H19N3O3S.C18H16N2O3S/c1-19-9-5-7-13-23(19)25-24(27)14-8-6-10-20-15-17-21(18-16-20)26-30(28,29)22-11-3-2-4-12-22;24-21-14-5-6-15-22(21)25-23(27)16-7-4-9-18-10-8-11-19(17-18)26-30(28,29)20-12-2-1-3-13-20;1-19-18(21)10-6-5-7-15-11-13-16(14-12-15)20-24(22,23)17-8-3-2-4-9-17/h2-5,7-9,11-18,26H,1H3,(H,25,27);1-3,5-8,10-17,26H,24H2,(H,25,27);2-4,6,8-14,20H,1H3,(H,19,21)/b14-8+;16-7+;10-6+. The van der Waals surface area contributed by atoms with Gasteiger partial charge >= 0.3 is 0 Å². The third-order valence-corrected chi connectivity index (χ3v) is 15.2. The maximum absolute atomic E-state index is 12.4. The lowest BCUT2D eigenvalue weighted by atomic mass is 10.2. The molecule has 3 amide bonds. The average Bonchev–Trinajstić information content (AvgIpc) is 3.68. The number of hydrogen-bond donors (Lipinski definition) is 7. The van der Waals surface area contributed by atoms with Crippen LogP contribution in [-0.2, 0) is 44.5 Å². The van der Waals surface area contributed by atoms with Crippen molar-refractivity contribution < 1.29 is 39.6 Å². The van der Waals surface area contributed by atoms with Gasteiger partial charge in [0, 0.05) is 59.0 Å². The van der Waals surface area contributed by atoms with Gasteiger partial charge < -0.3 is 21.7 Å². The van der Waals surface area contributed by atoms with Crippen LogP contribution in [0.15, 0.2) is 263 Å². The fourth-order valence-electron chi connectivity index (χ4n) is 6.83. The van der Waals surface area contributed by atoms with Crippen LogP contribution in [-0.4, -0.2) is 50.0 Å². The SMILES string of the molecule is CNC(=O)/C=C/C#Cc1ccc(NS(=O)(=O)c2ccccc2)cc1.Cc1ccccc1NC(=O)/C=C/C#Cc1ccc(NS(=O)(=O)c2ccccc2)cc1.Nc1ccccc1NC(=O)/C=C/C#Cc1cccc(NS(=O)(=O)c2ccccc2)c1. The van der Waals surface area contributed by atoms with Crippen LogP contribution in [0.4, 0.5) is 34.1 Å². The predicted octanol–water partition coefficient (Wildman–Crippen LogP) is 10.1. The summed E-state index contributed by atoms with van der Waals surface area (Å²) in [6, 6.07) is 58.9. The molecule has 0 saturated carbocycles. The zero-order valence-electron chi connectivity index (χ0n) is 45.1. The Labute approximate surface area is 489 Å². The normalized spacial score (nSPS) is 10.8. The molecule has 8 aromatic carbocycles. The van der Waals surface area contributed by atoms with Crippen LogP contribution in [0.5, 0.6) is 0 Å². The first-order valence-corrected chi connectivity index (χ1v) is 29.7. The first-order valence-electron chi connectivity index (χ1n) is 25.2. The maximum atomic E-state index is 12.4. The zero-order valence-corrected chi connectivity index (χ0v) is 47.6. The van der Waals surface area contributed by atoms with Gasteiger partial charge in [-0.05, 0) is 152 Å². The first kappa shape index (κ1) is 62.3. The highest BCUT2D eigenvalue weighted by molar-refractivity contribution is 7.93. The number of amides is 3. The van der Waals surface area contributed by atoms with E-state index in [1.54, 1.807) is 152 Å². The van der Waals surface area contributed by atoms with Gasteiger partial charge in [0.05, 0.1) is 31.7 Å². The van der Waals surface area contributed by atoms with Gasteiger partial charge in [-0.1, -0.05) is 127 Å². The van der Waals surface area contributed by atoms with Crippen molar-refractivity contribution in [3.05, 3.63) is 271 Å². The minimum Gasteiger partial charge on any atom is -0.397 e. The van der Waals surface area contributed by atoms with Gasteiger partial charge in [-0.15, -0.1) is 0 Å². The number of carbonyl (C=O) groups is 3. The number of nitrogens with two attached hydrogens (primary N) is 1. The van der Waals surface area contributed by atoms with E-state index in [0.717, 1.165) is 11.3 Å². The summed E-state index contributed by atoms with van der Waals surface area (Å²) in [4.78, 5) is 35.4. The first-order chi connectivity index (χ1) is 40.4. The molecule has 8 N–H and O–H groups in total. The van der Waals surface area contributed by atoms with Gasteiger partial charge in [0.15, 0.2) is 0 Å². The molecule has 0 aromatic heterocycles. The molecule has 8 rings (SSSR count). The fraction of sp³-hybridized carbons (Fsp3) is 0.0308. The number of hydrogen-bond acceptors (Lipinski definition) is 10. The van der Waals surface area contributed by atoms with E-state index in [2.05, 4.69) is 65.6 Å². The highest BCUT2D eigenvalue weighted by atomic mass is 32.2. The van der Waals surface area contributed by atoms with Gasteiger partial charge in [0.25, 0.3) is 30.1 Å². The molecular formula is C65H55N7O9S3. The van der Waals surface area contributed by atoms with E-state index in [0.29, 0.717) is 45.1 Å². The minimum absolute atomic E-state index is 0.175. The van der Waals surface area contributed by atoms with Crippen molar-refractivity contribution in [1.82, 2.24) is 5.32 Å². The quantitative estimate of drug-likeness (QED) is 0.0308. The molecule has 0 saturated heterocycles. The number of allylic oxidation sites excluding steroid dienone is 3. The Morgan fingerprint density at radius 3 is 1.19 bits per heavy atom. The van der Waals surface area contributed by atoms with Gasteiger partial charge in [-0.25, -0.2) is 25.3 Å².